The van der Waals surface area contributed by atoms with E-state index in [-0.39, 0.29) is 6.54 Å². The fourth-order valence-corrected chi connectivity index (χ4v) is 1.64. The van der Waals surface area contributed by atoms with Crippen molar-refractivity contribution in [3.8, 4) is 0 Å². The Balaban J connectivity index is 2.83. The Morgan fingerprint density at radius 3 is 2.32 bits per heavy atom. The van der Waals surface area contributed by atoms with Gasteiger partial charge in [0.1, 0.15) is 17.5 Å². The van der Waals surface area contributed by atoms with Crippen LogP contribution in [0.4, 0.5) is 24.8 Å². The van der Waals surface area contributed by atoms with Gasteiger partial charge >= 0.3 is 6.18 Å². The maximum absolute atomic E-state index is 12.1. The monoisotopic (exact) mass is 276 g/mol. The van der Waals surface area contributed by atoms with Crippen LogP contribution in [0.1, 0.15) is 31.2 Å². The van der Waals surface area contributed by atoms with Gasteiger partial charge in [0.15, 0.2) is 0 Å². The van der Waals surface area contributed by atoms with Gasteiger partial charge in [-0.15, -0.1) is 0 Å². The van der Waals surface area contributed by atoms with Crippen LogP contribution < -0.4 is 10.6 Å². The third-order valence-electron chi connectivity index (χ3n) is 2.60. The van der Waals surface area contributed by atoms with Crippen LogP contribution >= 0.6 is 0 Å². The molecule has 19 heavy (non-hydrogen) atoms. The van der Waals surface area contributed by atoms with E-state index in [2.05, 4.69) is 20.6 Å². The summed E-state index contributed by atoms with van der Waals surface area (Å²) in [4.78, 5) is 8.57. The number of nitrogens with one attached hydrogen (secondary N) is 2. The second-order valence-corrected chi connectivity index (χ2v) is 4.25. The first-order valence-corrected chi connectivity index (χ1v) is 6.23. The maximum Gasteiger partial charge on any atom is 0.390 e. The number of hydrogen-bond acceptors (Lipinski definition) is 4. The van der Waals surface area contributed by atoms with Gasteiger partial charge in [-0.1, -0.05) is 6.92 Å². The summed E-state index contributed by atoms with van der Waals surface area (Å²) in [5.74, 6) is 1.74. The quantitative estimate of drug-likeness (QED) is 0.838. The van der Waals surface area contributed by atoms with Crippen LogP contribution in [0, 0.1) is 6.92 Å². The summed E-state index contributed by atoms with van der Waals surface area (Å²) in [6.07, 6.45) is -3.46. The third-order valence-corrected chi connectivity index (χ3v) is 2.60. The van der Waals surface area contributed by atoms with E-state index in [0.29, 0.717) is 23.9 Å². The predicted octanol–water partition coefficient (Wildman–Crippen LogP) is 3.14. The van der Waals surface area contributed by atoms with Crippen molar-refractivity contribution in [3.05, 3.63) is 11.4 Å². The lowest BCUT2D eigenvalue weighted by molar-refractivity contribution is -0.131. The molecule has 0 aliphatic rings. The molecule has 0 aromatic carbocycles. The van der Waals surface area contributed by atoms with E-state index in [0.717, 1.165) is 12.0 Å². The topological polar surface area (TPSA) is 49.8 Å². The SMILES string of the molecule is CCCc1nc(NC)c(C)c(NCCC(F)(F)F)n1. The van der Waals surface area contributed by atoms with Crippen molar-refractivity contribution in [2.75, 3.05) is 24.2 Å². The zero-order valence-electron chi connectivity index (χ0n) is 11.4. The molecule has 7 heteroatoms. The minimum atomic E-state index is -4.16. The van der Waals surface area contributed by atoms with Gasteiger partial charge in [0.2, 0.25) is 0 Å². The van der Waals surface area contributed by atoms with Gasteiger partial charge in [-0.2, -0.15) is 13.2 Å². The minimum Gasteiger partial charge on any atom is -0.373 e. The fraction of sp³-hybridized carbons (Fsp3) is 0.667. The Bertz CT molecular complexity index is 418. The van der Waals surface area contributed by atoms with E-state index in [9.17, 15) is 13.2 Å². The van der Waals surface area contributed by atoms with E-state index in [1.54, 1.807) is 14.0 Å². The average Bonchev–Trinajstić information content (AvgIpc) is 2.31. The molecule has 2 N–H and O–H groups in total. The molecule has 0 saturated heterocycles. The first-order valence-electron chi connectivity index (χ1n) is 6.23. The molecule has 0 unspecified atom stereocenters. The number of aryl methyl sites for hydroxylation is 1. The molecule has 1 aromatic rings. The summed E-state index contributed by atoms with van der Waals surface area (Å²) in [5, 5.41) is 5.66. The van der Waals surface area contributed by atoms with E-state index >= 15 is 0 Å². The molecule has 1 heterocycles. The van der Waals surface area contributed by atoms with Crippen molar-refractivity contribution in [1.82, 2.24) is 9.97 Å². The normalized spacial score (nSPS) is 11.5. The minimum absolute atomic E-state index is 0.184. The zero-order valence-corrected chi connectivity index (χ0v) is 11.4. The van der Waals surface area contributed by atoms with E-state index in [1.807, 2.05) is 6.92 Å². The van der Waals surface area contributed by atoms with Gasteiger partial charge in [0.05, 0.1) is 6.42 Å². The largest absolute Gasteiger partial charge is 0.390 e. The first-order chi connectivity index (χ1) is 8.87. The number of hydrogen-bond donors (Lipinski definition) is 2. The van der Waals surface area contributed by atoms with Crippen molar-refractivity contribution in [3.63, 3.8) is 0 Å². The second-order valence-electron chi connectivity index (χ2n) is 4.25. The van der Waals surface area contributed by atoms with E-state index in [4.69, 9.17) is 0 Å². The summed E-state index contributed by atoms with van der Waals surface area (Å²) in [6.45, 7) is 3.59. The smallest absolute Gasteiger partial charge is 0.373 e. The maximum atomic E-state index is 12.1. The highest BCUT2D eigenvalue weighted by Gasteiger charge is 2.26. The number of rotatable bonds is 6. The lowest BCUT2D eigenvalue weighted by atomic mass is 10.2. The van der Waals surface area contributed by atoms with Crippen molar-refractivity contribution in [2.24, 2.45) is 0 Å². The molecule has 108 valence electrons. The van der Waals surface area contributed by atoms with E-state index in [1.165, 1.54) is 0 Å². The Kier molecular flexibility index (Phi) is 5.38. The third kappa shape index (κ3) is 4.92. The number of nitrogens with zero attached hydrogens (tertiary/aromatic N) is 2. The van der Waals surface area contributed by atoms with Crippen molar-refractivity contribution < 1.29 is 13.2 Å². The lowest BCUT2D eigenvalue weighted by Gasteiger charge is -2.14. The molecule has 1 rings (SSSR count). The van der Waals surface area contributed by atoms with Crippen LogP contribution in [-0.4, -0.2) is 29.7 Å². The first kappa shape index (κ1) is 15.5. The molecule has 0 radical (unpaired) electrons. The van der Waals surface area contributed by atoms with Crippen LogP contribution in [-0.2, 0) is 6.42 Å². The Morgan fingerprint density at radius 2 is 1.79 bits per heavy atom. The van der Waals surface area contributed by atoms with Crippen LogP contribution in [0.15, 0.2) is 0 Å². The average molecular weight is 276 g/mol. The number of anilines is 2. The summed E-state index contributed by atoms with van der Waals surface area (Å²) in [6, 6.07) is 0. The molecule has 0 spiro atoms. The van der Waals surface area contributed by atoms with Crippen LogP contribution in [0.2, 0.25) is 0 Å². The molecular weight excluding hydrogens is 257 g/mol. The Morgan fingerprint density at radius 1 is 1.16 bits per heavy atom. The van der Waals surface area contributed by atoms with Crippen LogP contribution in [0.5, 0.6) is 0 Å². The van der Waals surface area contributed by atoms with Crippen LogP contribution in [0.3, 0.4) is 0 Å². The zero-order chi connectivity index (χ0) is 14.5. The molecular formula is C12H19F3N4. The number of aromatic nitrogens is 2. The summed E-state index contributed by atoms with van der Waals surface area (Å²) in [7, 11) is 1.73. The molecule has 0 saturated carbocycles. The summed E-state index contributed by atoms with van der Waals surface area (Å²) in [5.41, 5.74) is 0.726. The Hall–Kier alpha value is -1.53. The molecule has 0 atom stereocenters. The molecule has 0 aliphatic heterocycles. The molecule has 0 fully saturated rings. The van der Waals surface area contributed by atoms with Crippen molar-refractivity contribution in [2.45, 2.75) is 39.3 Å². The summed E-state index contributed by atoms with van der Waals surface area (Å²) < 4.78 is 36.4. The van der Waals surface area contributed by atoms with Gasteiger partial charge in [-0.05, 0) is 13.3 Å². The molecule has 0 bridgehead atoms. The predicted molar refractivity (Wildman–Crippen MR) is 69.5 cm³/mol. The highest BCUT2D eigenvalue weighted by atomic mass is 19.4. The molecule has 0 aliphatic carbocycles. The number of alkyl halides is 3. The molecule has 4 nitrogen and oxygen atoms in total. The fourth-order valence-electron chi connectivity index (χ4n) is 1.64. The number of halogens is 3. The van der Waals surface area contributed by atoms with Crippen LogP contribution in [0.25, 0.3) is 0 Å². The van der Waals surface area contributed by atoms with Gasteiger partial charge in [0.25, 0.3) is 0 Å². The highest BCUT2D eigenvalue weighted by Crippen LogP contribution is 2.22. The van der Waals surface area contributed by atoms with Crippen molar-refractivity contribution in [1.29, 1.82) is 0 Å². The van der Waals surface area contributed by atoms with Gasteiger partial charge in [0, 0.05) is 25.6 Å². The van der Waals surface area contributed by atoms with E-state index < -0.39 is 12.6 Å². The van der Waals surface area contributed by atoms with Gasteiger partial charge in [-0.25, -0.2) is 9.97 Å². The van der Waals surface area contributed by atoms with Gasteiger partial charge < -0.3 is 10.6 Å². The Labute approximate surface area is 110 Å². The standard InChI is InChI=1S/C12H19F3N4/c1-4-5-9-18-10(16-3)8(2)11(19-9)17-7-6-12(13,14)15/h4-7H2,1-3H3,(H2,16,17,18,19). The molecule has 0 amide bonds. The van der Waals surface area contributed by atoms with Gasteiger partial charge in [-0.3, -0.25) is 0 Å². The second kappa shape index (κ2) is 6.58. The molecule has 1 aromatic heterocycles. The van der Waals surface area contributed by atoms with Crippen molar-refractivity contribution >= 4 is 11.6 Å². The highest BCUT2D eigenvalue weighted by molar-refractivity contribution is 5.56. The summed E-state index contributed by atoms with van der Waals surface area (Å²) >= 11 is 0. The lowest BCUT2D eigenvalue weighted by Crippen LogP contribution is -2.17.